The lowest BCUT2D eigenvalue weighted by Gasteiger charge is -2.40. The molecule has 0 radical (unpaired) electrons. The van der Waals surface area contributed by atoms with Crippen LogP contribution in [0.5, 0.6) is 0 Å². The molecule has 0 aromatic heterocycles. The molecule has 1 aliphatic heterocycles. The summed E-state index contributed by atoms with van der Waals surface area (Å²) < 4.78 is 0. The van der Waals surface area contributed by atoms with Crippen LogP contribution in [-0.2, 0) is 6.54 Å². The molecule has 0 saturated carbocycles. The molecule has 1 fully saturated rings. The Labute approximate surface area is 103 Å². The van der Waals surface area contributed by atoms with E-state index in [1.165, 1.54) is 5.56 Å². The Kier molecular flexibility index (Phi) is 4.54. The topological polar surface area (TPSA) is 43.7 Å². The average Bonchev–Trinajstić information content (AvgIpc) is 2.40. The van der Waals surface area contributed by atoms with Crippen molar-refractivity contribution >= 4 is 0 Å². The van der Waals surface area contributed by atoms with Crippen molar-refractivity contribution in [3.8, 4) is 0 Å². The fourth-order valence-corrected chi connectivity index (χ4v) is 2.66. The van der Waals surface area contributed by atoms with E-state index < -0.39 is 0 Å². The van der Waals surface area contributed by atoms with E-state index in [2.05, 4.69) is 17.0 Å². The minimum absolute atomic E-state index is 0.184. The van der Waals surface area contributed by atoms with E-state index in [1.54, 1.807) is 0 Å². The first-order valence-corrected chi connectivity index (χ1v) is 6.36. The molecule has 17 heavy (non-hydrogen) atoms. The number of likely N-dealkylation sites (tertiary alicyclic amines) is 1. The number of rotatable bonds is 4. The second kappa shape index (κ2) is 6.15. The molecule has 0 aliphatic carbocycles. The fraction of sp³-hybridized carbons (Fsp3) is 0.571. The molecular formula is C14H21NO2. The Morgan fingerprint density at radius 3 is 2.12 bits per heavy atom. The summed E-state index contributed by atoms with van der Waals surface area (Å²) in [6.45, 7) is 1.18. The molecule has 1 aliphatic rings. The predicted molar refractivity (Wildman–Crippen MR) is 67.6 cm³/mol. The van der Waals surface area contributed by atoms with Crippen molar-refractivity contribution in [2.75, 3.05) is 13.2 Å². The Bertz CT molecular complexity index is 316. The minimum Gasteiger partial charge on any atom is -0.395 e. The maximum absolute atomic E-state index is 9.43. The molecule has 0 amide bonds. The summed E-state index contributed by atoms with van der Waals surface area (Å²) in [4.78, 5) is 2.25. The number of nitrogens with zero attached hydrogens (tertiary/aromatic N) is 1. The highest BCUT2D eigenvalue weighted by Gasteiger charge is 2.29. The number of benzene rings is 1. The van der Waals surface area contributed by atoms with Gasteiger partial charge in [0.15, 0.2) is 0 Å². The van der Waals surface area contributed by atoms with Crippen molar-refractivity contribution in [1.82, 2.24) is 4.90 Å². The lowest BCUT2D eigenvalue weighted by Crippen LogP contribution is -2.49. The van der Waals surface area contributed by atoms with Gasteiger partial charge in [0.1, 0.15) is 0 Å². The Morgan fingerprint density at radius 2 is 1.59 bits per heavy atom. The highest BCUT2D eigenvalue weighted by Crippen LogP contribution is 2.24. The molecule has 2 N–H and O–H groups in total. The number of hydrogen-bond acceptors (Lipinski definition) is 3. The van der Waals surface area contributed by atoms with Crippen molar-refractivity contribution in [3.63, 3.8) is 0 Å². The van der Waals surface area contributed by atoms with Crippen LogP contribution in [0.15, 0.2) is 30.3 Å². The molecule has 0 spiro atoms. The van der Waals surface area contributed by atoms with Gasteiger partial charge in [-0.15, -0.1) is 0 Å². The van der Waals surface area contributed by atoms with Crippen LogP contribution >= 0.6 is 0 Å². The SMILES string of the molecule is OC[C@@H]1CCC[C@H](CO)N1Cc1ccccc1. The van der Waals surface area contributed by atoms with Gasteiger partial charge in [-0.2, -0.15) is 0 Å². The molecule has 2 rings (SSSR count). The summed E-state index contributed by atoms with van der Waals surface area (Å²) in [5.41, 5.74) is 1.24. The van der Waals surface area contributed by atoms with Crippen molar-refractivity contribution in [3.05, 3.63) is 35.9 Å². The van der Waals surface area contributed by atoms with Crippen molar-refractivity contribution < 1.29 is 10.2 Å². The highest BCUT2D eigenvalue weighted by molar-refractivity contribution is 5.15. The van der Waals surface area contributed by atoms with Gasteiger partial charge in [-0.1, -0.05) is 36.8 Å². The van der Waals surface area contributed by atoms with Gasteiger partial charge in [-0.3, -0.25) is 4.90 Å². The van der Waals surface area contributed by atoms with Gasteiger partial charge in [0.2, 0.25) is 0 Å². The number of hydrogen-bond donors (Lipinski definition) is 2. The van der Waals surface area contributed by atoms with Crippen molar-refractivity contribution in [1.29, 1.82) is 0 Å². The zero-order valence-corrected chi connectivity index (χ0v) is 10.1. The third-order valence-corrected chi connectivity index (χ3v) is 3.64. The van der Waals surface area contributed by atoms with Crippen LogP contribution in [-0.4, -0.2) is 40.4 Å². The zero-order valence-electron chi connectivity index (χ0n) is 10.1. The van der Waals surface area contributed by atoms with Crippen LogP contribution in [0.2, 0.25) is 0 Å². The van der Waals surface area contributed by atoms with Crippen LogP contribution in [0.1, 0.15) is 24.8 Å². The summed E-state index contributed by atoms with van der Waals surface area (Å²) in [6.07, 6.45) is 3.15. The molecule has 1 heterocycles. The van der Waals surface area contributed by atoms with E-state index in [1.807, 2.05) is 18.2 Å². The van der Waals surface area contributed by atoms with Crippen LogP contribution in [0, 0.1) is 0 Å². The molecule has 0 bridgehead atoms. The largest absolute Gasteiger partial charge is 0.395 e. The van der Waals surface area contributed by atoms with E-state index in [0.717, 1.165) is 25.8 Å². The molecule has 1 saturated heterocycles. The van der Waals surface area contributed by atoms with Crippen LogP contribution in [0.3, 0.4) is 0 Å². The maximum atomic E-state index is 9.43. The molecular weight excluding hydrogens is 214 g/mol. The fourth-order valence-electron chi connectivity index (χ4n) is 2.66. The van der Waals surface area contributed by atoms with Gasteiger partial charge in [-0.25, -0.2) is 0 Å². The third kappa shape index (κ3) is 3.06. The molecule has 2 atom stereocenters. The van der Waals surface area contributed by atoms with Crippen molar-refractivity contribution in [2.24, 2.45) is 0 Å². The van der Waals surface area contributed by atoms with E-state index in [-0.39, 0.29) is 25.3 Å². The second-order valence-corrected chi connectivity index (χ2v) is 4.76. The quantitative estimate of drug-likeness (QED) is 0.829. The summed E-state index contributed by atoms with van der Waals surface area (Å²) in [5, 5.41) is 18.9. The maximum Gasteiger partial charge on any atom is 0.0587 e. The first-order chi connectivity index (χ1) is 8.35. The lowest BCUT2D eigenvalue weighted by atomic mass is 9.95. The first kappa shape index (κ1) is 12.6. The molecule has 1 aromatic carbocycles. The van der Waals surface area contributed by atoms with Gasteiger partial charge in [0, 0.05) is 18.6 Å². The van der Waals surface area contributed by atoms with E-state index in [9.17, 15) is 10.2 Å². The Balaban J connectivity index is 2.08. The molecule has 1 aromatic rings. The average molecular weight is 235 g/mol. The monoisotopic (exact) mass is 235 g/mol. The zero-order chi connectivity index (χ0) is 12.1. The highest BCUT2D eigenvalue weighted by atomic mass is 16.3. The summed E-state index contributed by atoms with van der Waals surface area (Å²) >= 11 is 0. The van der Waals surface area contributed by atoms with Gasteiger partial charge in [-0.05, 0) is 18.4 Å². The van der Waals surface area contributed by atoms with E-state index >= 15 is 0 Å². The smallest absolute Gasteiger partial charge is 0.0587 e. The third-order valence-electron chi connectivity index (χ3n) is 3.64. The standard InChI is InChI=1S/C14H21NO2/c16-10-13-7-4-8-14(11-17)15(13)9-12-5-2-1-3-6-12/h1-3,5-6,13-14,16-17H,4,7-11H2/t13-,14+. The van der Waals surface area contributed by atoms with Crippen LogP contribution in [0.25, 0.3) is 0 Å². The summed E-state index contributed by atoms with van der Waals surface area (Å²) in [7, 11) is 0. The van der Waals surface area contributed by atoms with Crippen LogP contribution in [0.4, 0.5) is 0 Å². The van der Waals surface area contributed by atoms with Crippen LogP contribution < -0.4 is 0 Å². The number of aliphatic hydroxyl groups is 2. The Hall–Kier alpha value is -0.900. The molecule has 3 nitrogen and oxygen atoms in total. The van der Waals surface area contributed by atoms with Gasteiger partial charge >= 0.3 is 0 Å². The van der Waals surface area contributed by atoms with Crippen molar-refractivity contribution in [2.45, 2.75) is 37.9 Å². The summed E-state index contributed by atoms with van der Waals surface area (Å²) in [5.74, 6) is 0. The minimum atomic E-state index is 0.184. The van der Waals surface area contributed by atoms with E-state index in [0.29, 0.717) is 0 Å². The number of piperidine rings is 1. The van der Waals surface area contributed by atoms with E-state index in [4.69, 9.17) is 0 Å². The first-order valence-electron chi connectivity index (χ1n) is 6.36. The van der Waals surface area contributed by atoms with Gasteiger partial charge in [0.05, 0.1) is 13.2 Å². The normalized spacial score (nSPS) is 26.0. The van der Waals surface area contributed by atoms with Gasteiger partial charge < -0.3 is 10.2 Å². The Morgan fingerprint density at radius 1 is 1.00 bits per heavy atom. The molecule has 94 valence electrons. The lowest BCUT2D eigenvalue weighted by molar-refractivity contribution is 0.0120. The second-order valence-electron chi connectivity index (χ2n) is 4.76. The number of aliphatic hydroxyl groups excluding tert-OH is 2. The predicted octanol–water partition coefficient (Wildman–Crippen LogP) is 1.39. The molecule has 0 unspecified atom stereocenters. The molecule has 3 heteroatoms. The summed E-state index contributed by atoms with van der Waals surface area (Å²) in [6, 6.07) is 10.6. The van der Waals surface area contributed by atoms with Gasteiger partial charge in [0.25, 0.3) is 0 Å².